The third-order valence-corrected chi connectivity index (χ3v) is 4.64. The standard InChI is InChI=1S/C18H27N3O3/c1-21-13-14(15-6-2-3-7-16(15)21)12-19-10-9-17(22)20-24-18-8-4-5-11-23-18/h2-3,6-7,14,18-19H,4-5,8-13H2,1H3,(H,20,22). The van der Waals surface area contributed by atoms with Crippen LogP contribution >= 0.6 is 0 Å². The molecule has 2 heterocycles. The molecule has 6 nitrogen and oxygen atoms in total. The SMILES string of the molecule is CN1CC(CNCCC(=O)NOC2CCCCO2)c2ccccc21. The third-order valence-electron chi connectivity index (χ3n) is 4.64. The van der Waals surface area contributed by atoms with Crippen LogP contribution in [0.5, 0.6) is 0 Å². The van der Waals surface area contributed by atoms with E-state index in [-0.39, 0.29) is 12.2 Å². The largest absolute Gasteiger partial charge is 0.374 e. The zero-order chi connectivity index (χ0) is 16.8. The van der Waals surface area contributed by atoms with Crippen molar-refractivity contribution in [2.75, 3.05) is 38.2 Å². The average molecular weight is 333 g/mol. The summed E-state index contributed by atoms with van der Waals surface area (Å²) in [6.07, 6.45) is 3.10. The highest BCUT2D eigenvalue weighted by atomic mass is 16.8. The number of para-hydroxylation sites is 1. The van der Waals surface area contributed by atoms with Gasteiger partial charge in [-0.3, -0.25) is 4.79 Å². The Kier molecular flexibility index (Phi) is 6.07. The topological polar surface area (TPSA) is 62.8 Å². The minimum Gasteiger partial charge on any atom is -0.374 e. The minimum absolute atomic E-state index is 0.111. The molecule has 1 saturated heterocycles. The lowest BCUT2D eigenvalue weighted by Gasteiger charge is -2.22. The molecule has 1 fully saturated rings. The van der Waals surface area contributed by atoms with E-state index in [2.05, 4.69) is 47.0 Å². The van der Waals surface area contributed by atoms with Gasteiger partial charge in [0, 0.05) is 57.7 Å². The number of ether oxygens (including phenoxy) is 1. The van der Waals surface area contributed by atoms with Gasteiger partial charge in [-0.15, -0.1) is 0 Å². The van der Waals surface area contributed by atoms with Gasteiger partial charge in [-0.25, -0.2) is 10.3 Å². The van der Waals surface area contributed by atoms with Crippen molar-refractivity contribution in [3.63, 3.8) is 0 Å². The first-order valence-electron chi connectivity index (χ1n) is 8.81. The second-order valence-corrected chi connectivity index (χ2v) is 6.53. The molecule has 1 aromatic rings. The molecule has 0 aromatic heterocycles. The van der Waals surface area contributed by atoms with Gasteiger partial charge in [-0.2, -0.15) is 0 Å². The maximum atomic E-state index is 11.8. The van der Waals surface area contributed by atoms with E-state index in [0.29, 0.717) is 25.5 Å². The Morgan fingerprint density at radius 1 is 1.38 bits per heavy atom. The van der Waals surface area contributed by atoms with Gasteiger partial charge in [0.2, 0.25) is 5.91 Å². The number of anilines is 1. The van der Waals surface area contributed by atoms with Crippen molar-refractivity contribution in [1.82, 2.24) is 10.8 Å². The van der Waals surface area contributed by atoms with Gasteiger partial charge >= 0.3 is 0 Å². The molecule has 24 heavy (non-hydrogen) atoms. The Hall–Kier alpha value is -1.63. The number of benzene rings is 1. The molecule has 0 saturated carbocycles. The number of fused-ring (bicyclic) bond motifs is 1. The van der Waals surface area contributed by atoms with Crippen LogP contribution in [0.3, 0.4) is 0 Å². The molecule has 1 aromatic carbocycles. The minimum atomic E-state index is -0.291. The van der Waals surface area contributed by atoms with Crippen LogP contribution in [-0.2, 0) is 14.4 Å². The first kappa shape index (κ1) is 17.2. The molecule has 6 heteroatoms. The molecule has 2 aliphatic heterocycles. The maximum absolute atomic E-state index is 11.8. The number of hydroxylamine groups is 1. The van der Waals surface area contributed by atoms with Crippen molar-refractivity contribution in [1.29, 1.82) is 0 Å². The first-order valence-corrected chi connectivity index (χ1v) is 8.81. The number of likely N-dealkylation sites (N-methyl/N-ethyl adjacent to an activating group) is 1. The van der Waals surface area contributed by atoms with E-state index in [1.165, 1.54) is 11.3 Å². The number of nitrogens with one attached hydrogen (secondary N) is 2. The van der Waals surface area contributed by atoms with Crippen molar-refractivity contribution < 1.29 is 14.4 Å². The zero-order valence-corrected chi connectivity index (χ0v) is 14.3. The lowest BCUT2D eigenvalue weighted by molar-refractivity contribution is -0.200. The number of carbonyl (C=O) groups excluding carboxylic acids is 1. The maximum Gasteiger partial charge on any atom is 0.244 e. The predicted molar refractivity (Wildman–Crippen MR) is 92.8 cm³/mol. The van der Waals surface area contributed by atoms with Crippen LogP contribution in [-0.4, -0.2) is 45.5 Å². The Morgan fingerprint density at radius 3 is 3.08 bits per heavy atom. The van der Waals surface area contributed by atoms with Gasteiger partial charge in [0.1, 0.15) is 0 Å². The number of hydrogen-bond donors (Lipinski definition) is 2. The van der Waals surface area contributed by atoms with Gasteiger partial charge in [-0.05, 0) is 24.5 Å². The molecular weight excluding hydrogens is 306 g/mol. The van der Waals surface area contributed by atoms with Crippen LogP contribution in [0, 0.1) is 0 Å². The van der Waals surface area contributed by atoms with Crippen LogP contribution in [0.1, 0.15) is 37.2 Å². The van der Waals surface area contributed by atoms with Gasteiger partial charge in [0.05, 0.1) is 0 Å². The van der Waals surface area contributed by atoms with Crippen LogP contribution in [0.2, 0.25) is 0 Å². The molecular formula is C18H27N3O3. The highest BCUT2D eigenvalue weighted by molar-refractivity contribution is 5.74. The molecule has 0 aliphatic carbocycles. The Bertz CT molecular complexity index is 546. The van der Waals surface area contributed by atoms with E-state index in [4.69, 9.17) is 9.57 Å². The Balaban J connectivity index is 1.32. The fourth-order valence-corrected chi connectivity index (χ4v) is 3.35. The van der Waals surface area contributed by atoms with E-state index >= 15 is 0 Å². The summed E-state index contributed by atoms with van der Waals surface area (Å²) in [6, 6.07) is 8.51. The van der Waals surface area contributed by atoms with Crippen molar-refractivity contribution in [3.8, 4) is 0 Å². The van der Waals surface area contributed by atoms with E-state index < -0.39 is 0 Å². The lowest BCUT2D eigenvalue weighted by Crippen LogP contribution is -2.35. The smallest absolute Gasteiger partial charge is 0.244 e. The summed E-state index contributed by atoms with van der Waals surface area (Å²) >= 11 is 0. The van der Waals surface area contributed by atoms with Crippen LogP contribution in [0.4, 0.5) is 5.69 Å². The molecule has 0 spiro atoms. The number of rotatable bonds is 7. The second kappa shape index (κ2) is 8.46. The van der Waals surface area contributed by atoms with Crippen molar-refractivity contribution in [3.05, 3.63) is 29.8 Å². The Labute approximate surface area is 143 Å². The van der Waals surface area contributed by atoms with Gasteiger partial charge in [0.25, 0.3) is 0 Å². The van der Waals surface area contributed by atoms with Crippen LogP contribution < -0.4 is 15.7 Å². The quantitative estimate of drug-likeness (QED) is 0.588. The molecule has 132 valence electrons. The van der Waals surface area contributed by atoms with Crippen LogP contribution in [0.25, 0.3) is 0 Å². The van der Waals surface area contributed by atoms with Crippen LogP contribution in [0.15, 0.2) is 24.3 Å². The zero-order valence-electron chi connectivity index (χ0n) is 14.3. The van der Waals surface area contributed by atoms with E-state index in [1.54, 1.807) is 0 Å². The summed E-state index contributed by atoms with van der Waals surface area (Å²) in [5.41, 5.74) is 5.18. The van der Waals surface area contributed by atoms with Crippen molar-refractivity contribution >= 4 is 11.6 Å². The van der Waals surface area contributed by atoms with Gasteiger partial charge in [-0.1, -0.05) is 18.2 Å². The summed E-state index contributed by atoms with van der Waals surface area (Å²) in [4.78, 5) is 19.4. The summed E-state index contributed by atoms with van der Waals surface area (Å²) in [5.74, 6) is 0.363. The summed E-state index contributed by atoms with van der Waals surface area (Å²) in [6.45, 7) is 3.24. The molecule has 3 rings (SSSR count). The molecule has 2 atom stereocenters. The summed E-state index contributed by atoms with van der Waals surface area (Å²) in [7, 11) is 2.12. The first-order chi connectivity index (χ1) is 11.7. The fraction of sp³-hybridized carbons (Fsp3) is 0.611. The number of nitrogens with zero attached hydrogens (tertiary/aromatic N) is 1. The number of amides is 1. The van der Waals surface area contributed by atoms with E-state index in [9.17, 15) is 4.79 Å². The molecule has 0 radical (unpaired) electrons. The van der Waals surface area contributed by atoms with Gasteiger partial charge in [0.15, 0.2) is 6.29 Å². The highest BCUT2D eigenvalue weighted by Gasteiger charge is 2.25. The van der Waals surface area contributed by atoms with E-state index in [0.717, 1.165) is 32.4 Å². The van der Waals surface area contributed by atoms with E-state index in [1.807, 2.05) is 0 Å². The number of carbonyl (C=O) groups is 1. The average Bonchev–Trinajstić information content (AvgIpc) is 2.94. The molecule has 0 bridgehead atoms. The fourth-order valence-electron chi connectivity index (χ4n) is 3.35. The third kappa shape index (κ3) is 4.47. The number of hydrogen-bond acceptors (Lipinski definition) is 5. The summed E-state index contributed by atoms with van der Waals surface area (Å²) in [5, 5.41) is 3.38. The lowest BCUT2D eigenvalue weighted by atomic mass is 10.0. The second-order valence-electron chi connectivity index (χ2n) is 6.53. The molecule has 1 amide bonds. The molecule has 2 aliphatic rings. The normalized spacial score (nSPS) is 23.1. The molecule has 2 N–H and O–H groups in total. The monoisotopic (exact) mass is 333 g/mol. The van der Waals surface area contributed by atoms with Crippen molar-refractivity contribution in [2.24, 2.45) is 0 Å². The predicted octanol–water partition coefficient (Wildman–Crippen LogP) is 1.77. The highest BCUT2D eigenvalue weighted by Crippen LogP contribution is 2.34. The van der Waals surface area contributed by atoms with Gasteiger partial charge < -0.3 is 15.0 Å². The summed E-state index contributed by atoms with van der Waals surface area (Å²) < 4.78 is 5.41. The molecule has 2 unspecified atom stereocenters. The Morgan fingerprint density at radius 2 is 2.25 bits per heavy atom. The van der Waals surface area contributed by atoms with Crippen molar-refractivity contribution in [2.45, 2.75) is 37.9 Å².